The molecule has 0 radical (unpaired) electrons. The van der Waals surface area contributed by atoms with Gasteiger partial charge in [-0.2, -0.15) is 26.3 Å². The van der Waals surface area contributed by atoms with E-state index in [-0.39, 0.29) is 29.9 Å². The van der Waals surface area contributed by atoms with Crippen molar-refractivity contribution in [3.05, 3.63) is 575 Å². The highest BCUT2D eigenvalue weighted by atomic mass is 19.4. The molecule has 0 amide bonds. The Bertz CT molecular complexity index is 8600. The molecule has 724 valence electrons. The molecule has 4 N–H and O–H groups in total. The van der Waals surface area contributed by atoms with Gasteiger partial charge in [0.15, 0.2) is 0 Å². The molecule has 4 unspecified atom stereocenters. The maximum absolute atomic E-state index is 13.8. The average molecular weight is 1940 g/mol. The Morgan fingerprint density at radius 3 is 0.872 bits per heavy atom. The van der Waals surface area contributed by atoms with Crippen molar-refractivity contribution >= 4 is 87.4 Å². The summed E-state index contributed by atoms with van der Waals surface area (Å²) in [5.41, 5.74) is 25.0. The standard InChI is InChI=1S/C36H24F6N2.C35H30N2.C32H24N2.C31H28N2/c37-35(38,39)25-20-26(36(40,41)42)22-27(21-25)43-34(31-16-7-6-15-29(31)23-10-2-1-3-11-23)33-19-9-18-32(44-33)30-17-8-13-24-12-4-5-14-28(24)30;1-23-21-24(2)34(25(3)22-23)37-35(31-18-9-14-27-12-5-7-16-29(27)31)33-20-10-19-32(36-33)30-17-8-13-26-11-4-6-15-28(26)30;1-2-13-25(14-3-1)32(34-29-20-9-16-24-12-5-7-18-27(24)29)31-22-10-21-30(33-31)28-19-8-15-23-11-4-6-17-26(23)28;1-21-19-22(2)30(23(3)20-21)33-31(25-12-5-4-6-13-25)29-18-10-17-28(32-29)27-16-9-14-24-11-7-8-15-26(24)27/h1-22,34,43H;4-22,35,37H,1-3H3;1-22,32,34H;4-20,31,33H,1-3H3. The molecule has 148 heavy (non-hydrogen) atoms. The molecule has 0 aliphatic rings. The first-order chi connectivity index (χ1) is 72.1. The van der Waals surface area contributed by atoms with Crippen LogP contribution in [0.2, 0.25) is 0 Å². The first-order valence-corrected chi connectivity index (χ1v) is 49.6. The van der Waals surface area contributed by atoms with Crippen molar-refractivity contribution in [3.8, 4) is 56.2 Å². The predicted molar refractivity (Wildman–Crippen MR) is 601 cm³/mol. The molecule has 0 aliphatic heterocycles. The van der Waals surface area contributed by atoms with Crippen LogP contribution < -0.4 is 21.3 Å². The quantitative estimate of drug-likeness (QED) is 0.0528. The number of hydrogen-bond acceptors (Lipinski definition) is 8. The molecule has 14 heteroatoms. The molecule has 0 bridgehead atoms. The second-order valence-electron chi connectivity index (χ2n) is 37.4. The molecule has 8 nitrogen and oxygen atoms in total. The van der Waals surface area contributed by atoms with E-state index in [9.17, 15) is 26.3 Å². The second kappa shape index (κ2) is 43.7. The zero-order valence-corrected chi connectivity index (χ0v) is 82.6. The van der Waals surface area contributed by atoms with Gasteiger partial charge in [0.25, 0.3) is 0 Å². The third-order valence-corrected chi connectivity index (χ3v) is 27.2. The Morgan fingerprint density at radius 2 is 0.480 bits per heavy atom. The maximum Gasteiger partial charge on any atom is 0.416 e. The van der Waals surface area contributed by atoms with Crippen molar-refractivity contribution in [1.29, 1.82) is 0 Å². The van der Waals surface area contributed by atoms with Crippen LogP contribution in [0, 0.1) is 41.5 Å². The monoisotopic (exact) mass is 1940 g/mol. The minimum atomic E-state index is -4.98. The van der Waals surface area contributed by atoms with Crippen LogP contribution in [0.25, 0.3) is 121 Å². The second-order valence-corrected chi connectivity index (χ2v) is 37.4. The van der Waals surface area contributed by atoms with E-state index in [1.807, 2.05) is 91.0 Å². The Hall–Kier alpha value is -17.9. The molecule has 19 aromatic carbocycles. The number of alkyl halides is 6. The average Bonchev–Trinajstić information content (AvgIpc) is 0.746. The van der Waals surface area contributed by atoms with E-state index in [4.69, 9.17) is 19.9 Å². The lowest BCUT2D eigenvalue weighted by Gasteiger charge is -2.25. The van der Waals surface area contributed by atoms with Crippen LogP contribution in [0.1, 0.15) is 114 Å². The lowest BCUT2D eigenvalue weighted by molar-refractivity contribution is -0.143. The maximum atomic E-state index is 13.8. The highest BCUT2D eigenvalue weighted by Gasteiger charge is 2.38. The number of rotatable bonds is 21. The number of fused-ring (bicyclic) bond motifs is 6. The van der Waals surface area contributed by atoms with E-state index >= 15 is 0 Å². The Morgan fingerprint density at radius 1 is 0.209 bits per heavy atom. The summed E-state index contributed by atoms with van der Waals surface area (Å²) in [5.74, 6) is 0. The summed E-state index contributed by atoms with van der Waals surface area (Å²) in [4.78, 5) is 20.6. The largest absolute Gasteiger partial charge is 0.416 e. The number of anilines is 4. The van der Waals surface area contributed by atoms with E-state index < -0.39 is 29.5 Å². The van der Waals surface area contributed by atoms with Gasteiger partial charge in [-0.05, 0) is 229 Å². The summed E-state index contributed by atoms with van der Waals surface area (Å²) >= 11 is 0. The van der Waals surface area contributed by atoms with Gasteiger partial charge in [0, 0.05) is 50.4 Å². The zero-order valence-electron chi connectivity index (χ0n) is 82.6. The third-order valence-electron chi connectivity index (χ3n) is 27.2. The fraction of sp³-hybridized carbons (Fsp3) is 0.0896. The van der Waals surface area contributed by atoms with E-state index in [0.29, 0.717) is 29.1 Å². The van der Waals surface area contributed by atoms with Crippen LogP contribution in [-0.2, 0) is 12.4 Å². The van der Waals surface area contributed by atoms with E-state index in [1.165, 1.54) is 115 Å². The Kier molecular flexibility index (Phi) is 28.8. The lowest BCUT2D eigenvalue weighted by atomic mass is 9.92. The molecule has 0 spiro atoms. The van der Waals surface area contributed by atoms with Gasteiger partial charge in [-0.1, -0.05) is 424 Å². The van der Waals surface area contributed by atoms with Crippen molar-refractivity contribution in [2.45, 2.75) is 78.1 Å². The van der Waals surface area contributed by atoms with E-state index in [2.05, 4.69) is 415 Å². The summed E-state index contributed by atoms with van der Waals surface area (Å²) in [6, 6.07) is 160. The molecule has 4 atom stereocenters. The molecule has 23 aromatic rings. The number of halogens is 6. The molecule has 23 rings (SSSR count). The van der Waals surface area contributed by atoms with Gasteiger partial charge in [0.05, 0.1) is 80.8 Å². The Labute approximate surface area is 858 Å². The molecular weight excluding hydrogens is 1840 g/mol. The fourth-order valence-corrected chi connectivity index (χ4v) is 20.4. The smallest absolute Gasteiger partial charge is 0.373 e. The molecule has 0 fully saturated rings. The van der Waals surface area contributed by atoms with E-state index in [0.717, 1.165) is 84.0 Å². The molecule has 4 aromatic heterocycles. The third kappa shape index (κ3) is 21.9. The van der Waals surface area contributed by atoms with Crippen LogP contribution in [0.4, 0.5) is 49.1 Å². The normalized spacial score (nSPS) is 12.2. The Balaban J connectivity index is 0.000000120. The van der Waals surface area contributed by atoms with Crippen molar-refractivity contribution < 1.29 is 26.3 Å². The lowest BCUT2D eigenvalue weighted by Crippen LogP contribution is -2.17. The highest BCUT2D eigenvalue weighted by molar-refractivity contribution is 6.00. The van der Waals surface area contributed by atoms with Gasteiger partial charge in [-0.15, -0.1) is 0 Å². The van der Waals surface area contributed by atoms with Crippen molar-refractivity contribution in [2.75, 3.05) is 21.3 Å². The molecule has 0 saturated heterocycles. The molecule has 0 aliphatic carbocycles. The minimum Gasteiger partial charge on any atom is -0.373 e. The minimum absolute atomic E-state index is 0.0544. The topological polar surface area (TPSA) is 99.7 Å². The van der Waals surface area contributed by atoms with Crippen LogP contribution in [-0.4, -0.2) is 19.9 Å². The van der Waals surface area contributed by atoms with Crippen LogP contribution in [0.3, 0.4) is 0 Å². The van der Waals surface area contributed by atoms with Gasteiger partial charge in [-0.3, -0.25) is 19.9 Å². The van der Waals surface area contributed by atoms with Crippen molar-refractivity contribution in [3.63, 3.8) is 0 Å². The number of aromatic nitrogens is 4. The van der Waals surface area contributed by atoms with E-state index in [1.54, 1.807) is 24.3 Å². The van der Waals surface area contributed by atoms with Crippen LogP contribution in [0.5, 0.6) is 0 Å². The van der Waals surface area contributed by atoms with Crippen LogP contribution in [0.15, 0.2) is 485 Å². The van der Waals surface area contributed by atoms with Gasteiger partial charge >= 0.3 is 12.4 Å². The summed E-state index contributed by atoms with van der Waals surface area (Å²) in [7, 11) is 0. The van der Waals surface area contributed by atoms with Gasteiger partial charge in [0.2, 0.25) is 0 Å². The first kappa shape index (κ1) is 97.6. The number of nitrogens with zero attached hydrogens (tertiary/aromatic N) is 4. The number of hydrogen-bond donors (Lipinski definition) is 4. The number of benzene rings is 19. The SMILES string of the molecule is Cc1cc(C)c(NC(c2cccc(-c3cccc4ccccc34)n2)c2cccc3ccccc23)c(C)c1.Cc1cc(C)c(NC(c2ccccc2)c2cccc(-c3cccc4ccccc34)n2)c(C)c1.FC(F)(F)c1cc(NC(c2cccc(-c3cccc4ccccc34)n2)c2ccccc2-c2ccccc2)cc(C(F)(F)F)c1.c1ccc(C(Nc2cccc3ccccc23)c2cccc(-c3cccc4ccccc34)n2)cc1. The van der Waals surface area contributed by atoms with Gasteiger partial charge < -0.3 is 21.3 Å². The molecule has 4 heterocycles. The van der Waals surface area contributed by atoms with Crippen LogP contribution >= 0.6 is 0 Å². The summed E-state index contributed by atoms with van der Waals surface area (Å²) < 4.78 is 82.6. The zero-order chi connectivity index (χ0) is 102. The van der Waals surface area contributed by atoms with Gasteiger partial charge in [-0.25, -0.2) is 0 Å². The summed E-state index contributed by atoms with van der Waals surface area (Å²) in [6.45, 7) is 13.0. The van der Waals surface area contributed by atoms with Crippen molar-refractivity contribution in [1.82, 2.24) is 19.9 Å². The van der Waals surface area contributed by atoms with Crippen molar-refractivity contribution in [2.24, 2.45) is 0 Å². The number of pyridine rings is 4. The van der Waals surface area contributed by atoms with Gasteiger partial charge in [0.1, 0.15) is 0 Å². The summed E-state index contributed by atoms with van der Waals surface area (Å²) in [5, 5.41) is 28.7. The summed E-state index contributed by atoms with van der Waals surface area (Å²) in [6.07, 6.45) is -9.97. The molecular formula is C134H106F6N8. The predicted octanol–water partition coefficient (Wildman–Crippen LogP) is 36.3. The number of nitrogens with one attached hydrogen (secondary N) is 4. The number of aryl methyl sites for hydroxylation is 6. The fourth-order valence-electron chi connectivity index (χ4n) is 20.4. The molecule has 0 saturated carbocycles. The first-order valence-electron chi connectivity index (χ1n) is 49.6. The highest BCUT2D eigenvalue weighted by Crippen LogP contribution is 2.45.